The van der Waals surface area contributed by atoms with Crippen molar-refractivity contribution in [1.29, 1.82) is 5.26 Å². The van der Waals surface area contributed by atoms with Gasteiger partial charge in [0.2, 0.25) is 5.95 Å². The van der Waals surface area contributed by atoms with E-state index in [2.05, 4.69) is 25.4 Å². The SMILES string of the molecule is CNc1ccc(Cn2ncc3c(-c4cccc(C#N)n4)nc(N)nc32)cc1. The standard InChI is InChI=1S/C19H16N8/c1-22-13-7-5-12(6-8-13)11-27-18-15(10-23-27)17(25-19(21)26-18)16-4-2-3-14(9-20)24-16/h2-8,10,22H,11H2,1H3,(H2,21,25,26). The Bertz CT molecular complexity index is 1150. The summed E-state index contributed by atoms with van der Waals surface area (Å²) in [6.07, 6.45) is 1.70. The molecule has 0 saturated heterocycles. The number of rotatable bonds is 4. The van der Waals surface area contributed by atoms with Crippen molar-refractivity contribution in [2.75, 3.05) is 18.1 Å². The second kappa shape index (κ2) is 6.72. The average Bonchev–Trinajstić information content (AvgIpc) is 3.10. The van der Waals surface area contributed by atoms with Crippen LogP contribution in [0.5, 0.6) is 0 Å². The van der Waals surface area contributed by atoms with E-state index in [9.17, 15) is 0 Å². The second-order valence-corrected chi connectivity index (χ2v) is 5.94. The summed E-state index contributed by atoms with van der Waals surface area (Å²) in [5, 5.41) is 17.4. The predicted octanol–water partition coefficient (Wildman–Crippen LogP) is 2.43. The predicted molar refractivity (Wildman–Crippen MR) is 103 cm³/mol. The smallest absolute Gasteiger partial charge is 0.222 e. The fraction of sp³-hybridized carbons (Fsp3) is 0.105. The highest BCUT2D eigenvalue weighted by Gasteiger charge is 2.15. The summed E-state index contributed by atoms with van der Waals surface area (Å²) < 4.78 is 1.78. The number of hydrogen-bond acceptors (Lipinski definition) is 7. The van der Waals surface area contributed by atoms with Crippen LogP contribution in [0.2, 0.25) is 0 Å². The Balaban J connectivity index is 1.78. The summed E-state index contributed by atoms with van der Waals surface area (Å²) in [5.41, 5.74) is 10.1. The molecule has 3 heterocycles. The molecular formula is C19H16N8. The highest BCUT2D eigenvalue weighted by molar-refractivity contribution is 5.90. The molecule has 1 aromatic carbocycles. The summed E-state index contributed by atoms with van der Waals surface area (Å²) in [6.45, 7) is 0.551. The zero-order valence-corrected chi connectivity index (χ0v) is 14.6. The van der Waals surface area contributed by atoms with Crippen LogP contribution in [0, 0.1) is 11.3 Å². The molecule has 0 bridgehead atoms. The summed E-state index contributed by atoms with van der Waals surface area (Å²) in [4.78, 5) is 13.0. The molecule has 0 aliphatic rings. The molecular weight excluding hydrogens is 340 g/mol. The molecule has 3 aromatic heterocycles. The molecule has 0 spiro atoms. The summed E-state index contributed by atoms with van der Waals surface area (Å²) in [6, 6.07) is 15.3. The summed E-state index contributed by atoms with van der Waals surface area (Å²) in [7, 11) is 1.88. The topological polar surface area (TPSA) is 118 Å². The van der Waals surface area contributed by atoms with Crippen LogP contribution in [0.15, 0.2) is 48.7 Å². The van der Waals surface area contributed by atoms with Crippen molar-refractivity contribution in [2.45, 2.75) is 6.54 Å². The van der Waals surface area contributed by atoms with Crippen molar-refractivity contribution >= 4 is 22.7 Å². The van der Waals surface area contributed by atoms with Gasteiger partial charge >= 0.3 is 0 Å². The maximum atomic E-state index is 9.09. The molecule has 0 aliphatic heterocycles. The van der Waals surface area contributed by atoms with Crippen molar-refractivity contribution in [1.82, 2.24) is 24.7 Å². The number of fused-ring (bicyclic) bond motifs is 1. The van der Waals surface area contributed by atoms with E-state index in [1.807, 2.05) is 37.4 Å². The largest absolute Gasteiger partial charge is 0.388 e. The molecule has 0 amide bonds. The number of nitriles is 1. The third-order valence-electron chi connectivity index (χ3n) is 4.19. The first-order valence-electron chi connectivity index (χ1n) is 8.31. The van der Waals surface area contributed by atoms with Crippen LogP contribution in [0.25, 0.3) is 22.4 Å². The van der Waals surface area contributed by atoms with E-state index in [0.29, 0.717) is 29.3 Å². The van der Waals surface area contributed by atoms with E-state index < -0.39 is 0 Å². The number of nitrogens with two attached hydrogens (primary N) is 1. The van der Waals surface area contributed by atoms with Gasteiger partial charge in [-0.3, -0.25) is 0 Å². The van der Waals surface area contributed by atoms with E-state index in [-0.39, 0.29) is 5.95 Å². The number of nitrogens with one attached hydrogen (secondary N) is 1. The van der Waals surface area contributed by atoms with E-state index in [1.54, 1.807) is 29.1 Å². The van der Waals surface area contributed by atoms with Gasteiger partial charge in [0.1, 0.15) is 17.5 Å². The number of nitrogen functional groups attached to an aromatic ring is 1. The third kappa shape index (κ3) is 3.14. The van der Waals surface area contributed by atoms with Crippen LogP contribution in [-0.4, -0.2) is 31.8 Å². The van der Waals surface area contributed by atoms with Crippen LogP contribution < -0.4 is 11.1 Å². The lowest BCUT2D eigenvalue weighted by atomic mass is 10.2. The molecule has 0 aliphatic carbocycles. The number of anilines is 2. The van der Waals surface area contributed by atoms with E-state index in [4.69, 9.17) is 11.0 Å². The average molecular weight is 356 g/mol. The Labute approximate surface area is 155 Å². The Hall–Kier alpha value is -3.99. The van der Waals surface area contributed by atoms with Crippen LogP contribution in [-0.2, 0) is 6.54 Å². The van der Waals surface area contributed by atoms with E-state index >= 15 is 0 Å². The molecule has 8 nitrogen and oxygen atoms in total. The van der Waals surface area contributed by atoms with Crippen molar-refractivity contribution in [3.8, 4) is 17.5 Å². The first kappa shape index (κ1) is 16.5. The lowest BCUT2D eigenvalue weighted by Gasteiger charge is -2.07. The maximum Gasteiger partial charge on any atom is 0.222 e. The molecule has 0 atom stereocenters. The number of pyridine rings is 1. The molecule has 4 rings (SSSR count). The Morgan fingerprint density at radius 1 is 1.11 bits per heavy atom. The highest BCUT2D eigenvalue weighted by Crippen LogP contribution is 2.26. The van der Waals surface area contributed by atoms with Gasteiger partial charge in [-0.05, 0) is 29.8 Å². The summed E-state index contributed by atoms with van der Waals surface area (Å²) >= 11 is 0. The zero-order chi connectivity index (χ0) is 18.8. The quantitative estimate of drug-likeness (QED) is 0.576. The lowest BCUT2D eigenvalue weighted by molar-refractivity contribution is 0.704. The van der Waals surface area contributed by atoms with E-state index in [1.165, 1.54) is 0 Å². The van der Waals surface area contributed by atoms with Crippen LogP contribution in [0.1, 0.15) is 11.3 Å². The van der Waals surface area contributed by atoms with Crippen LogP contribution in [0.3, 0.4) is 0 Å². The number of hydrogen-bond donors (Lipinski definition) is 2. The van der Waals surface area contributed by atoms with Gasteiger partial charge in [-0.15, -0.1) is 0 Å². The van der Waals surface area contributed by atoms with Crippen LogP contribution >= 0.6 is 0 Å². The third-order valence-corrected chi connectivity index (χ3v) is 4.19. The maximum absolute atomic E-state index is 9.09. The van der Waals surface area contributed by atoms with Crippen molar-refractivity contribution in [2.24, 2.45) is 0 Å². The second-order valence-electron chi connectivity index (χ2n) is 5.94. The zero-order valence-electron chi connectivity index (χ0n) is 14.6. The van der Waals surface area contributed by atoms with Gasteiger partial charge in [-0.2, -0.15) is 15.3 Å². The van der Waals surface area contributed by atoms with Gasteiger partial charge in [-0.1, -0.05) is 18.2 Å². The molecule has 132 valence electrons. The first-order chi connectivity index (χ1) is 13.2. The number of nitrogens with zero attached hydrogens (tertiary/aromatic N) is 6. The lowest BCUT2D eigenvalue weighted by Crippen LogP contribution is -2.05. The van der Waals surface area contributed by atoms with Gasteiger partial charge in [0, 0.05) is 12.7 Å². The first-order valence-corrected chi connectivity index (χ1v) is 8.31. The van der Waals surface area contributed by atoms with Crippen molar-refractivity contribution in [3.63, 3.8) is 0 Å². The van der Waals surface area contributed by atoms with Crippen LogP contribution in [0.4, 0.5) is 11.6 Å². The fourth-order valence-electron chi connectivity index (χ4n) is 2.86. The fourth-order valence-corrected chi connectivity index (χ4v) is 2.86. The highest BCUT2D eigenvalue weighted by atomic mass is 15.3. The van der Waals surface area contributed by atoms with Gasteiger partial charge in [0.25, 0.3) is 0 Å². The molecule has 0 fully saturated rings. The minimum atomic E-state index is 0.133. The Kier molecular flexibility index (Phi) is 4.10. The van der Waals surface area contributed by atoms with Crippen molar-refractivity contribution in [3.05, 3.63) is 59.9 Å². The molecule has 0 unspecified atom stereocenters. The molecule has 8 heteroatoms. The monoisotopic (exact) mass is 356 g/mol. The summed E-state index contributed by atoms with van der Waals surface area (Å²) in [5.74, 6) is 0.133. The molecule has 0 radical (unpaired) electrons. The normalized spacial score (nSPS) is 10.7. The minimum Gasteiger partial charge on any atom is -0.388 e. The van der Waals surface area contributed by atoms with Gasteiger partial charge in [0.15, 0.2) is 5.65 Å². The molecule has 3 N–H and O–H groups in total. The Morgan fingerprint density at radius 3 is 2.67 bits per heavy atom. The van der Waals surface area contributed by atoms with Gasteiger partial charge in [0.05, 0.1) is 23.8 Å². The number of aromatic nitrogens is 5. The minimum absolute atomic E-state index is 0.133. The van der Waals surface area contributed by atoms with Gasteiger partial charge in [-0.25, -0.2) is 14.6 Å². The molecule has 27 heavy (non-hydrogen) atoms. The Morgan fingerprint density at radius 2 is 1.93 bits per heavy atom. The molecule has 0 saturated carbocycles. The van der Waals surface area contributed by atoms with E-state index in [0.717, 1.165) is 16.6 Å². The van der Waals surface area contributed by atoms with Gasteiger partial charge < -0.3 is 11.1 Å². The van der Waals surface area contributed by atoms with Crippen molar-refractivity contribution < 1.29 is 0 Å². The molecule has 4 aromatic rings. The number of benzene rings is 1.